The van der Waals surface area contributed by atoms with Gasteiger partial charge in [-0.3, -0.25) is 4.79 Å². The summed E-state index contributed by atoms with van der Waals surface area (Å²) in [5.74, 6) is -0.0192. The molecule has 2 N–H and O–H groups in total. The number of carbonyl (C=O) groups is 2. The topological polar surface area (TPSA) is 70.7 Å². The Morgan fingerprint density at radius 3 is 2.67 bits per heavy atom. The van der Waals surface area contributed by atoms with Gasteiger partial charge in [-0.1, -0.05) is 18.2 Å². The fourth-order valence-corrected chi connectivity index (χ4v) is 4.37. The lowest BCUT2D eigenvalue weighted by Crippen LogP contribution is -2.52. The Morgan fingerprint density at radius 1 is 1.22 bits per heavy atom. The molecule has 6 nitrogen and oxygen atoms in total. The van der Waals surface area contributed by atoms with Crippen molar-refractivity contribution >= 4 is 12.0 Å². The Bertz CT molecular complexity index is 639. The third-order valence-electron chi connectivity index (χ3n) is 5.68. The number of allylic oxidation sites excluding steroid dienone is 4. The van der Waals surface area contributed by atoms with Crippen molar-refractivity contribution in [3.05, 3.63) is 35.5 Å². The average Bonchev–Trinajstić information content (AvgIpc) is 2.80. The lowest BCUT2D eigenvalue weighted by Gasteiger charge is -2.38. The molecule has 2 heterocycles. The van der Waals surface area contributed by atoms with Crippen LogP contribution < -0.4 is 10.6 Å². The van der Waals surface area contributed by atoms with Crippen LogP contribution in [0.1, 0.15) is 46.0 Å². The highest BCUT2D eigenvalue weighted by Crippen LogP contribution is 2.36. The molecule has 0 aromatic rings. The summed E-state index contributed by atoms with van der Waals surface area (Å²) in [7, 11) is 0. The molecule has 3 aliphatic rings. The fourth-order valence-electron chi connectivity index (χ4n) is 4.37. The molecule has 2 aliphatic heterocycles. The smallest absolute Gasteiger partial charge is 0.410 e. The zero-order chi connectivity index (χ0) is 19.2. The van der Waals surface area contributed by atoms with Gasteiger partial charge in [0.25, 0.3) is 5.91 Å². The van der Waals surface area contributed by atoms with Gasteiger partial charge in [-0.05, 0) is 57.6 Å². The summed E-state index contributed by atoms with van der Waals surface area (Å²) in [5, 5.41) is 6.56. The second-order valence-electron chi connectivity index (χ2n) is 7.50. The number of carbonyl (C=O) groups excluding carboxylic acids is 2. The van der Waals surface area contributed by atoms with Crippen LogP contribution in [-0.2, 0) is 9.53 Å². The first kappa shape index (κ1) is 19.7. The third kappa shape index (κ3) is 4.80. The molecule has 2 fully saturated rings. The Kier molecular flexibility index (Phi) is 6.72. The van der Waals surface area contributed by atoms with Gasteiger partial charge in [0, 0.05) is 36.8 Å². The van der Waals surface area contributed by atoms with Crippen molar-refractivity contribution in [3.8, 4) is 0 Å². The van der Waals surface area contributed by atoms with Gasteiger partial charge < -0.3 is 20.3 Å². The highest BCUT2D eigenvalue weighted by molar-refractivity contribution is 5.98. The number of nitrogens with zero attached hydrogens (tertiary/aromatic N) is 1. The molecule has 0 aromatic carbocycles. The van der Waals surface area contributed by atoms with E-state index in [4.69, 9.17) is 4.74 Å². The van der Waals surface area contributed by atoms with E-state index in [0.29, 0.717) is 19.2 Å². The quantitative estimate of drug-likeness (QED) is 0.702. The second kappa shape index (κ2) is 9.22. The molecule has 2 amide bonds. The van der Waals surface area contributed by atoms with E-state index in [2.05, 4.69) is 16.7 Å². The summed E-state index contributed by atoms with van der Waals surface area (Å²) in [6.07, 6.45) is 12.7. The van der Waals surface area contributed by atoms with Gasteiger partial charge in [-0.15, -0.1) is 0 Å². The van der Waals surface area contributed by atoms with Gasteiger partial charge in [0.1, 0.15) is 0 Å². The van der Waals surface area contributed by atoms with Gasteiger partial charge in [0.05, 0.1) is 6.61 Å². The van der Waals surface area contributed by atoms with E-state index < -0.39 is 0 Å². The lowest BCUT2D eigenvalue weighted by molar-refractivity contribution is -0.117. The summed E-state index contributed by atoms with van der Waals surface area (Å²) < 4.78 is 5.20. The standard InChI is InChI=1S/C21H31N3O3/c1-3-27-21(26)24-17-9-10-18(24)14-16(13-17)22-11-12-23-20(25)19-8-6-4-5-7-15(19)2/h4,6-8,16-18,22H,3,5,9-14H2,1-2H3,(H,23,25). The fraction of sp³-hybridized carbons (Fsp3) is 0.619. The first-order valence-corrected chi connectivity index (χ1v) is 10.1. The SMILES string of the molecule is CCOC(=O)N1C2CCC1CC(NCCNC(=O)C1=CC=CCC=C1C)C2. The number of fused-ring (bicyclic) bond motifs is 2. The molecule has 0 saturated carbocycles. The van der Waals surface area contributed by atoms with Crippen LogP contribution in [0.4, 0.5) is 4.79 Å². The number of rotatable bonds is 6. The van der Waals surface area contributed by atoms with Crippen molar-refractivity contribution in [2.75, 3.05) is 19.7 Å². The average molecular weight is 373 g/mol. The number of nitrogens with one attached hydrogen (secondary N) is 2. The molecule has 2 atom stereocenters. The number of amides is 2. The summed E-state index contributed by atoms with van der Waals surface area (Å²) in [6, 6.07) is 0.961. The van der Waals surface area contributed by atoms with E-state index in [1.54, 1.807) is 0 Å². The number of ether oxygens (including phenoxy) is 1. The summed E-state index contributed by atoms with van der Waals surface area (Å²) in [6.45, 7) is 5.59. The highest BCUT2D eigenvalue weighted by atomic mass is 16.6. The summed E-state index contributed by atoms with van der Waals surface area (Å²) >= 11 is 0. The minimum absolute atomic E-state index is 0.0192. The first-order chi connectivity index (χ1) is 13.1. The molecule has 2 saturated heterocycles. The van der Waals surface area contributed by atoms with Crippen LogP contribution in [0, 0.1) is 0 Å². The number of piperidine rings is 1. The minimum Gasteiger partial charge on any atom is -0.450 e. The lowest BCUT2D eigenvalue weighted by atomic mass is 9.98. The molecule has 0 spiro atoms. The molecular weight excluding hydrogens is 342 g/mol. The van der Waals surface area contributed by atoms with Gasteiger partial charge in [0.15, 0.2) is 0 Å². The Balaban J connectivity index is 1.41. The van der Waals surface area contributed by atoms with E-state index in [1.807, 2.05) is 37.0 Å². The van der Waals surface area contributed by atoms with Crippen molar-refractivity contribution in [1.82, 2.24) is 15.5 Å². The highest BCUT2D eigenvalue weighted by Gasteiger charge is 2.43. The van der Waals surface area contributed by atoms with Crippen LogP contribution in [0.25, 0.3) is 0 Å². The largest absolute Gasteiger partial charge is 0.450 e. The van der Waals surface area contributed by atoms with Crippen LogP contribution in [0.5, 0.6) is 0 Å². The van der Waals surface area contributed by atoms with E-state index in [-0.39, 0.29) is 24.1 Å². The van der Waals surface area contributed by atoms with E-state index >= 15 is 0 Å². The predicted molar refractivity (Wildman–Crippen MR) is 105 cm³/mol. The minimum atomic E-state index is -0.162. The van der Waals surface area contributed by atoms with Crippen molar-refractivity contribution in [3.63, 3.8) is 0 Å². The number of hydrogen-bond donors (Lipinski definition) is 2. The second-order valence-corrected chi connectivity index (χ2v) is 7.50. The van der Waals surface area contributed by atoms with Crippen molar-refractivity contribution in [2.24, 2.45) is 0 Å². The molecule has 6 heteroatoms. The first-order valence-electron chi connectivity index (χ1n) is 10.1. The van der Waals surface area contributed by atoms with Crippen molar-refractivity contribution in [1.29, 1.82) is 0 Å². The monoisotopic (exact) mass is 373 g/mol. The molecule has 2 unspecified atom stereocenters. The van der Waals surface area contributed by atoms with Crippen molar-refractivity contribution < 1.29 is 14.3 Å². The molecular formula is C21H31N3O3. The van der Waals surface area contributed by atoms with Crippen LogP contribution in [0.3, 0.4) is 0 Å². The van der Waals surface area contributed by atoms with Gasteiger partial charge in [0.2, 0.25) is 0 Å². The Morgan fingerprint density at radius 2 is 1.96 bits per heavy atom. The number of hydrogen-bond acceptors (Lipinski definition) is 4. The molecule has 1 aliphatic carbocycles. The van der Waals surface area contributed by atoms with E-state index in [0.717, 1.165) is 49.8 Å². The van der Waals surface area contributed by atoms with E-state index in [1.165, 1.54) is 0 Å². The maximum absolute atomic E-state index is 12.4. The zero-order valence-electron chi connectivity index (χ0n) is 16.4. The molecule has 148 valence electrons. The summed E-state index contributed by atoms with van der Waals surface area (Å²) in [5.41, 5.74) is 1.76. The molecule has 0 aromatic heterocycles. The molecule has 3 rings (SSSR count). The van der Waals surface area contributed by atoms with Crippen LogP contribution >= 0.6 is 0 Å². The molecule has 0 radical (unpaired) electrons. The Labute approximate surface area is 161 Å². The molecule has 2 bridgehead atoms. The van der Waals surface area contributed by atoms with E-state index in [9.17, 15) is 9.59 Å². The van der Waals surface area contributed by atoms with Crippen LogP contribution in [0.15, 0.2) is 35.5 Å². The third-order valence-corrected chi connectivity index (χ3v) is 5.68. The molecule has 27 heavy (non-hydrogen) atoms. The predicted octanol–water partition coefficient (Wildman–Crippen LogP) is 2.68. The summed E-state index contributed by atoms with van der Waals surface area (Å²) in [4.78, 5) is 26.4. The van der Waals surface area contributed by atoms with Gasteiger partial charge >= 0.3 is 6.09 Å². The van der Waals surface area contributed by atoms with Gasteiger partial charge in [-0.2, -0.15) is 0 Å². The van der Waals surface area contributed by atoms with Crippen molar-refractivity contribution in [2.45, 2.75) is 64.1 Å². The van der Waals surface area contributed by atoms with Crippen LogP contribution in [0.2, 0.25) is 0 Å². The van der Waals surface area contributed by atoms with Gasteiger partial charge in [-0.25, -0.2) is 4.79 Å². The normalized spacial score (nSPS) is 26.9. The maximum Gasteiger partial charge on any atom is 0.410 e. The Hall–Kier alpha value is -2.08. The van der Waals surface area contributed by atoms with Crippen LogP contribution in [-0.4, -0.2) is 54.7 Å². The zero-order valence-corrected chi connectivity index (χ0v) is 16.4. The maximum atomic E-state index is 12.4.